The highest BCUT2D eigenvalue weighted by Crippen LogP contribution is 2.29. The van der Waals surface area contributed by atoms with E-state index in [0.717, 1.165) is 18.4 Å². The molecule has 1 aliphatic heterocycles. The van der Waals surface area contributed by atoms with Crippen LogP contribution in [0.4, 0.5) is 0 Å². The monoisotopic (exact) mass is 286 g/mol. The average Bonchev–Trinajstić information content (AvgIpc) is 2.94. The second-order valence-electron chi connectivity index (χ2n) is 5.50. The van der Waals surface area contributed by atoms with Crippen molar-refractivity contribution in [2.75, 3.05) is 13.1 Å². The van der Waals surface area contributed by atoms with E-state index in [2.05, 4.69) is 5.16 Å². The second kappa shape index (κ2) is 5.60. The number of piperidine rings is 1. The normalized spacial score (nSPS) is 16.1. The summed E-state index contributed by atoms with van der Waals surface area (Å²) in [6, 6.07) is 7.34. The summed E-state index contributed by atoms with van der Waals surface area (Å²) in [5.41, 5.74) is 2.00. The molecule has 1 N–H and O–H groups in total. The van der Waals surface area contributed by atoms with Gasteiger partial charge >= 0.3 is 0 Å². The second-order valence-corrected chi connectivity index (χ2v) is 5.50. The lowest BCUT2D eigenvalue weighted by molar-refractivity contribution is 0.0670. The molecule has 0 atom stereocenters. The van der Waals surface area contributed by atoms with Crippen molar-refractivity contribution in [3.63, 3.8) is 0 Å². The van der Waals surface area contributed by atoms with Crippen LogP contribution in [0.25, 0.3) is 0 Å². The fourth-order valence-electron chi connectivity index (χ4n) is 2.80. The van der Waals surface area contributed by atoms with E-state index < -0.39 is 0 Å². The zero-order chi connectivity index (χ0) is 14.8. The van der Waals surface area contributed by atoms with Gasteiger partial charge in [-0.1, -0.05) is 17.3 Å². The lowest BCUT2D eigenvalue weighted by atomic mass is 9.89. The molecule has 0 bridgehead atoms. The largest absolute Gasteiger partial charge is 0.508 e. The maximum Gasteiger partial charge on any atom is 0.292 e. The van der Waals surface area contributed by atoms with Crippen molar-refractivity contribution < 1.29 is 14.4 Å². The molecule has 1 aromatic carbocycles. The molecule has 0 radical (unpaired) electrons. The fourth-order valence-corrected chi connectivity index (χ4v) is 2.80. The minimum absolute atomic E-state index is 0.0749. The summed E-state index contributed by atoms with van der Waals surface area (Å²) in [5, 5.41) is 13.0. The lowest BCUT2D eigenvalue weighted by Gasteiger charge is -2.31. The first-order chi connectivity index (χ1) is 10.1. The van der Waals surface area contributed by atoms with Crippen LogP contribution in [0.15, 0.2) is 35.0 Å². The van der Waals surface area contributed by atoms with Crippen LogP contribution in [0.5, 0.6) is 5.75 Å². The summed E-state index contributed by atoms with van der Waals surface area (Å²) >= 11 is 0. The van der Waals surface area contributed by atoms with E-state index in [1.807, 2.05) is 24.0 Å². The molecular formula is C16H18N2O3. The van der Waals surface area contributed by atoms with Gasteiger partial charge in [-0.05, 0) is 43.4 Å². The predicted octanol–water partition coefficient (Wildman–Crippen LogP) is 2.71. The Balaban J connectivity index is 1.64. The lowest BCUT2D eigenvalue weighted by Crippen LogP contribution is -2.38. The van der Waals surface area contributed by atoms with Crippen LogP contribution < -0.4 is 0 Å². The van der Waals surface area contributed by atoms with Crippen molar-refractivity contribution in [1.82, 2.24) is 10.1 Å². The van der Waals surface area contributed by atoms with Gasteiger partial charge in [0.1, 0.15) is 5.75 Å². The third-order valence-corrected chi connectivity index (χ3v) is 4.09. The summed E-state index contributed by atoms with van der Waals surface area (Å²) in [6.07, 6.45) is 3.41. The molecule has 1 saturated heterocycles. The molecule has 1 amide bonds. The van der Waals surface area contributed by atoms with Crippen molar-refractivity contribution in [3.8, 4) is 5.75 Å². The number of phenols is 1. The van der Waals surface area contributed by atoms with E-state index in [0.29, 0.717) is 24.8 Å². The van der Waals surface area contributed by atoms with Gasteiger partial charge in [-0.15, -0.1) is 0 Å². The van der Waals surface area contributed by atoms with Gasteiger partial charge in [0, 0.05) is 18.7 Å². The topological polar surface area (TPSA) is 66.6 Å². The predicted molar refractivity (Wildman–Crippen MR) is 77.2 cm³/mol. The molecule has 1 aromatic heterocycles. The molecule has 5 heteroatoms. The first-order valence-corrected chi connectivity index (χ1v) is 7.14. The van der Waals surface area contributed by atoms with Gasteiger partial charge in [0.25, 0.3) is 5.91 Å². The smallest absolute Gasteiger partial charge is 0.292 e. The number of nitrogens with zero attached hydrogens (tertiary/aromatic N) is 2. The molecule has 110 valence electrons. The number of carbonyl (C=O) groups is 1. The molecule has 1 aliphatic rings. The van der Waals surface area contributed by atoms with Gasteiger partial charge in [-0.3, -0.25) is 4.79 Å². The van der Waals surface area contributed by atoms with Crippen LogP contribution in [0.1, 0.15) is 40.4 Å². The third kappa shape index (κ3) is 2.77. The minimum Gasteiger partial charge on any atom is -0.508 e. The van der Waals surface area contributed by atoms with E-state index >= 15 is 0 Å². The maximum absolute atomic E-state index is 12.3. The number of phenolic OH excluding ortho intramolecular Hbond substituents is 1. The van der Waals surface area contributed by atoms with Crippen LogP contribution >= 0.6 is 0 Å². The number of rotatable bonds is 2. The molecule has 2 heterocycles. The van der Waals surface area contributed by atoms with E-state index in [-0.39, 0.29) is 11.7 Å². The number of aryl methyl sites for hydroxylation is 1. The summed E-state index contributed by atoms with van der Waals surface area (Å²) in [4.78, 5) is 14.2. The SMILES string of the molecule is Cc1cnoc1C(=O)N1CCC(c2ccc(O)cc2)CC1. The van der Waals surface area contributed by atoms with Crippen LogP contribution in [-0.2, 0) is 0 Å². The van der Waals surface area contributed by atoms with Crippen LogP contribution in [0.3, 0.4) is 0 Å². The Bertz CT molecular complexity index is 625. The Morgan fingerprint density at radius 2 is 1.95 bits per heavy atom. The number of likely N-dealkylation sites (tertiary alicyclic amines) is 1. The van der Waals surface area contributed by atoms with Crippen LogP contribution in [0.2, 0.25) is 0 Å². The molecule has 21 heavy (non-hydrogen) atoms. The van der Waals surface area contributed by atoms with E-state index in [1.165, 1.54) is 5.56 Å². The standard InChI is InChI=1S/C16H18N2O3/c1-11-10-17-21-15(11)16(20)18-8-6-13(7-9-18)12-2-4-14(19)5-3-12/h2-5,10,13,19H,6-9H2,1H3. The Kier molecular flexibility index (Phi) is 3.64. The van der Waals surface area contributed by atoms with Crippen molar-refractivity contribution in [2.45, 2.75) is 25.7 Å². The summed E-state index contributed by atoms with van der Waals surface area (Å²) in [6.45, 7) is 3.25. The van der Waals surface area contributed by atoms with Crippen molar-refractivity contribution in [3.05, 3.63) is 47.3 Å². The van der Waals surface area contributed by atoms with Crippen molar-refractivity contribution in [2.24, 2.45) is 0 Å². The van der Waals surface area contributed by atoms with Crippen molar-refractivity contribution in [1.29, 1.82) is 0 Å². The fraction of sp³-hybridized carbons (Fsp3) is 0.375. The first-order valence-electron chi connectivity index (χ1n) is 7.14. The molecule has 0 aliphatic carbocycles. The quantitative estimate of drug-likeness (QED) is 0.921. The highest BCUT2D eigenvalue weighted by molar-refractivity contribution is 5.92. The van der Waals surface area contributed by atoms with E-state index in [1.54, 1.807) is 18.3 Å². The number of amides is 1. The Morgan fingerprint density at radius 3 is 2.52 bits per heavy atom. The molecule has 3 rings (SSSR count). The summed E-state index contributed by atoms with van der Waals surface area (Å²) < 4.78 is 5.03. The minimum atomic E-state index is -0.0749. The number of aromatic nitrogens is 1. The highest BCUT2D eigenvalue weighted by Gasteiger charge is 2.27. The molecule has 5 nitrogen and oxygen atoms in total. The first kappa shape index (κ1) is 13.7. The molecular weight excluding hydrogens is 268 g/mol. The van der Waals surface area contributed by atoms with Gasteiger partial charge in [-0.25, -0.2) is 0 Å². The molecule has 0 unspecified atom stereocenters. The molecule has 2 aromatic rings. The van der Waals surface area contributed by atoms with E-state index in [4.69, 9.17) is 4.52 Å². The summed E-state index contributed by atoms with van der Waals surface area (Å²) in [7, 11) is 0. The van der Waals surface area contributed by atoms with Gasteiger partial charge in [-0.2, -0.15) is 0 Å². The Hall–Kier alpha value is -2.30. The molecule has 0 spiro atoms. The van der Waals surface area contributed by atoms with Gasteiger partial charge in [0.15, 0.2) is 0 Å². The van der Waals surface area contributed by atoms with Gasteiger partial charge in [0.05, 0.1) is 6.20 Å². The Labute approximate surface area is 123 Å². The van der Waals surface area contributed by atoms with Gasteiger partial charge < -0.3 is 14.5 Å². The summed E-state index contributed by atoms with van der Waals surface area (Å²) in [5.74, 6) is 0.991. The maximum atomic E-state index is 12.3. The Morgan fingerprint density at radius 1 is 1.29 bits per heavy atom. The van der Waals surface area contributed by atoms with Crippen molar-refractivity contribution >= 4 is 5.91 Å². The number of aromatic hydroxyl groups is 1. The van der Waals surface area contributed by atoms with E-state index in [9.17, 15) is 9.90 Å². The van der Waals surface area contributed by atoms with Crippen LogP contribution in [-0.4, -0.2) is 34.2 Å². The number of hydrogen-bond donors (Lipinski definition) is 1. The zero-order valence-electron chi connectivity index (χ0n) is 12.0. The zero-order valence-corrected chi connectivity index (χ0v) is 12.0. The van der Waals surface area contributed by atoms with Crippen LogP contribution in [0, 0.1) is 6.92 Å². The van der Waals surface area contributed by atoms with Gasteiger partial charge in [0.2, 0.25) is 5.76 Å². The number of benzene rings is 1. The third-order valence-electron chi connectivity index (χ3n) is 4.09. The molecule has 1 fully saturated rings. The average molecular weight is 286 g/mol. The highest BCUT2D eigenvalue weighted by atomic mass is 16.5. The molecule has 0 saturated carbocycles. The number of hydrogen-bond acceptors (Lipinski definition) is 4. The number of carbonyl (C=O) groups excluding carboxylic acids is 1.